The van der Waals surface area contributed by atoms with E-state index in [1.807, 2.05) is 61.5 Å². The number of nitrogens with one attached hydrogen (secondary N) is 1. The minimum Gasteiger partial charge on any atom is -0.319 e. The highest BCUT2D eigenvalue weighted by Crippen LogP contribution is 2.28. The molecule has 1 amide bonds. The van der Waals surface area contributed by atoms with Gasteiger partial charge in [0.15, 0.2) is 5.82 Å². The van der Waals surface area contributed by atoms with E-state index in [1.54, 1.807) is 16.8 Å². The maximum atomic E-state index is 13.1. The van der Waals surface area contributed by atoms with E-state index in [4.69, 9.17) is 11.6 Å². The lowest BCUT2D eigenvalue weighted by Gasteiger charge is -2.13. The van der Waals surface area contributed by atoms with Gasteiger partial charge in [-0.1, -0.05) is 65.1 Å². The van der Waals surface area contributed by atoms with E-state index in [-0.39, 0.29) is 17.6 Å². The van der Waals surface area contributed by atoms with Gasteiger partial charge in [-0.3, -0.25) is 4.79 Å². The molecule has 4 aromatic rings. The second-order valence-corrected chi connectivity index (χ2v) is 9.21. The van der Waals surface area contributed by atoms with E-state index in [0.29, 0.717) is 10.8 Å². The third kappa shape index (κ3) is 4.76. The highest BCUT2D eigenvalue weighted by atomic mass is 79.9. The SMILES string of the molecule is Cc1cccc(-c2nc(C(=O)Nc3ccc(Br)cc3C(C)C)nn2-c2ccc(Cl)cc2)c1. The first-order chi connectivity index (χ1) is 15.3. The molecule has 0 unspecified atom stereocenters. The van der Waals surface area contributed by atoms with Crippen molar-refractivity contribution >= 4 is 39.1 Å². The zero-order chi connectivity index (χ0) is 22.8. The van der Waals surface area contributed by atoms with Crippen LogP contribution in [-0.2, 0) is 0 Å². The molecule has 3 aromatic carbocycles. The molecule has 1 aromatic heterocycles. The van der Waals surface area contributed by atoms with Crippen molar-refractivity contribution in [2.75, 3.05) is 5.32 Å². The molecule has 0 spiro atoms. The molecular weight excluding hydrogens is 488 g/mol. The van der Waals surface area contributed by atoms with Crippen LogP contribution in [0.3, 0.4) is 0 Å². The highest BCUT2D eigenvalue weighted by molar-refractivity contribution is 9.10. The van der Waals surface area contributed by atoms with Crippen LogP contribution in [0.1, 0.15) is 41.5 Å². The van der Waals surface area contributed by atoms with Crippen molar-refractivity contribution < 1.29 is 4.79 Å². The van der Waals surface area contributed by atoms with Crippen molar-refractivity contribution in [3.8, 4) is 17.1 Å². The van der Waals surface area contributed by atoms with Crippen molar-refractivity contribution in [2.24, 2.45) is 0 Å². The summed E-state index contributed by atoms with van der Waals surface area (Å²) in [6.45, 7) is 6.18. The molecule has 0 fully saturated rings. The number of hydrogen-bond acceptors (Lipinski definition) is 3. The number of benzene rings is 3. The Morgan fingerprint density at radius 1 is 1.06 bits per heavy atom. The summed E-state index contributed by atoms with van der Waals surface area (Å²) in [5, 5.41) is 8.15. The van der Waals surface area contributed by atoms with E-state index in [2.05, 4.69) is 45.2 Å². The second kappa shape index (κ2) is 9.27. The van der Waals surface area contributed by atoms with Crippen LogP contribution in [0, 0.1) is 6.92 Å². The van der Waals surface area contributed by atoms with Crippen molar-refractivity contribution in [3.63, 3.8) is 0 Å². The fourth-order valence-electron chi connectivity index (χ4n) is 3.44. The molecule has 162 valence electrons. The predicted molar refractivity (Wildman–Crippen MR) is 133 cm³/mol. The molecular formula is C25H22BrClN4O. The Balaban J connectivity index is 1.76. The Bertz CT molecular complexity index is 1280. The Hall–Kier alpha value is -2.96. The number of amides is 1. The number of nitrogens with zero attached hydrogens (tertiary/aromatic N) is 3. The quantitative estimate of drug-likeness (QED) is 0.314. The summed E-state index contributed by atoms with van der Waals surface area (Å²) in [7, 11) is 0. The first-order valence-electron chi connectivity index (χ1n) is 10.2. The normalized spacial score (nSPS) is 11.1. The maximum absolute atomic E-state index is 13.1. The number of aryl methyl sites for hydroxylation is 1. The average molecular weight is 510 g/mol. The van der Waals surface area contributed by atoms with Gasteiger partial charge in [0.05, 0.1) is 5.69 Å². The first-order valence-corrected chi connectivity index (χ1v) is 11.4. The standard InChI is InChI=1S/C25H22BrClN4O/c1-15(2)21-14-18(26)7-12-22(21)28-25(32)23-29-24(17-6-4-5-16(3)13-17)31(30-23)20-10-8-19(27)9-11-20/h4-15H,1-3H3,(H,28,32). The van der Waals surface area contributed by atoms with Crippen LogP contribution in [0.4, 0.5) is 5.69 Å². The summed E-state index contributed by atoms with van der Waals surface area (Å²) in [4.78, 5) is 17.7. The Morgan fingerprint density at radius 3 is 2.50 bits per heavy atom. The van der Waals surface area contributed by atoms with Gasteiger partial charge < -0.3 is 5.32 Å². The molecule has 0 saturated carbocycles. The van der Waals surface area contributed by atoms with Crippen molar-refractivity contribution in [3.05, 3.63) is 93.2 Å². The smallest absolute Gasteiger partial charge is 0.295 e. The molecule has 32 heavy (non-hydrogen) atoms. The molecule has 7 heteroatoms. The summed E-state index contributed by atoms with van der Waals surface area (Å²) >= 11 is 9.56. The number of halogens is 2. The van der Waals surface area contributed by atoms with Gasteiger partial charge in [0.25, 0.3) is 5.91 Å². The van der Waals surface area contributed by atoms with Gasteiger partial charge in [0, 0.05) is 20.7 Å². The van der Waals surface area contributed by atoms with E-state index in [9.17, 15) is 4.79 Å². The van der Waals surface area contributed by atoms with Crippen LogP contribution in [-0.4, -0.2) is 20.7 Å². The zero-order valence-corrected chi connectivity index (χ0v) is 20.3. The van der Waals surface area contributed by atoms with Crippen molar-refractivity contribution in [1.29, 1.82) is 0 Å². The van der Waals surface area contributed by atoms with Gasteiger partial charge in [-0.15, -0.1) is 5.10 Å². The van der Waals surface area contributed by atoms with Crippen molar-refractivity contribution in [1.82, 2.24) is 14.8 Å². The highest BCUT2D eigenvalue weighted by Gasteiger charge is 2.20. The van der Waals surface area contributed by atoms with Crippen LogP contribution in [0.2, 0.25) is 5.02 Å². The van der Waals surface area contributed by atoms with E-state index < -0.39 is 0 Å². The summed E-state index contributed by atoms with van der Waals surface area (Å²) in [5.41, 5.74) is 4.51. The Labute approximate surface area is 200 Å². The molecule has 5 nitrogen and oxygen atoms in total. The zero-order valence-electron chi connectivity index (χ0n) is 17.9. The van der Waals surface area contributed by atoms with Crippen molar-refractivity contribution in [2.45, 2.75) is 26.7 Å². The lowest BCUT2D eigenvalue weighted by molar-refractivity contribution is 0.101. The number of aromatic nitrogens is 3. The van der Waals surface area contributed by atoms with Gasteiger partial charge in [-0.2, -0.15) is 0 Å². The van der Waals surface area contributed by atoms with Gasteiger partial charge in [-0.25, -0.2) is 9.67 Å². The average Bonchev–Trinajstić information content (AvgIpc) is 3.21. The summed E-state index contributed by atoms with van der Waals surface area (Å²) < 4.78 is 2.64. The molecule has 0 bridgehead atoms. The lowest BCUT2D eigenvalue weighted by Crippen LogP contribution is -2.16. The predicted octanol–water partition coefficient (Wildman–Crippen LogP) is 7.03. The Morgan fingerprint density at radius 2 is 1.81 bits per heavy atom. The van der Waals surface area contributed by atoms with E-state index in [1.165, 1.54) is 0 Å². The number of carbonyl (C=O) groups is 1. The molecule has 0 aliphatic heterocycles. The minimum atomic E-state index is -0.365. The number of anilines is 1. The number of carbonyl (C=O) groups excluding carboxylic acids is 1. The molecule has 0 atom stereocenters. The first kappa shape index (κ1) is 22.2. The Kier molecular flexibility index (Phi) is 6.44. The van der Waals surface area contributed by atoms with Gasteiger partial charge >= 0.3 is 0 Å². The topological polar surface area (TPSA) is 59.8 Å². The summed E-state index contributed by atoms with van der Waals surface area (Å²) in [6, 6.07) is 21.0. The number of rotatable bonds is 5. The van der Waals surface area contributed by atoms with Crippen LogP contribution in [0.5, 0.6) is 0 Å². The fraction of sp³-hybridized carbons (Fsp3) is 0.160. The summed E-state index contributed by atoms with van der Waals surface area (Å²) in [6.07, 6.45) is 0. The monoisotopic (exact) mass is 508 g/mol. The fourth-order valence-corrected chi connectivity index (χ4v) is 3.95. The molecule has 0 saturated heterocycles. The van der Waals surface area contributed by atoms with E-state index >= 15 is 0 Å². The van der Waals surface area contributed by atoms with Gasteiger partial charge in [0.2, 0.25) is 5.82 Å². The minimum absolute atomic E-state index is 0.0917. The molecule has 4 rings (SSSR count). The molecule has 0 aliphatic rings. The second-order valence-electron chi connectivity index (χ2n) is 7.86. The third-order valence-electron chi connectivity index (χ3n) is 5.04. The maximum Gasteiger partial charge on any atom is 0.295 e. The summed E-state index contributed by atoms with van der Waals surface area (Å²) in [5.74, 6) is 0.552. The van der Waals surface area contributed by atoms with Gasteiger partial charge in [-0.05, 0) is 66.9 Å². The van der Waals surface area contributed by atoms with Crippen LogP contribution >= 0.6 is 27.5 Å². The lowest BCUT2D eigenvalue weighted by atomic mass is 10.0. The molecule has 0 radical (unpaired) electrons. The third-order valence-corrected chi connectivity index (χ3v) is 5.79. The van der Waals surface area contributed by atoms with Crippen LogP contribution in [0.25, 0.3) is 17.1 Å². The van der Waals surface area contributed by atoms with Crippen LogP contribution < -0.4 is 5.32 Å². The molecule has 1 N–H and O–H groups in total. The van der Waals surface area contributed by atoms with Crippen LogP contribution in [0.15, 0.2) is 71.2 Å². The van der Waals surface area contributed by atoms with E-state index in [0.717, 1.165) is 32.5 Å². The molecule has 1 heterocycles. The van der Waals surface area contributed by atoms with Gasteiger partial charge in [0.1, 0.15) is 0 Å². The largest absolute Gasteiger partial charge is 0.319 e. The number of hydrogen-bond donors (Lipinski definition) is 1. The molecule has 0 aliphatic carbocycles.